The highest BCUT2D eigenvalue weighted by Crippen LogP contribution is 2.30. The molecule has 41 heavy (non-hydrogen) atoms. The van der Waals surface area contributed by atoms with Gasteiger partial charge in [-0.15, -0.1) is 0 Å². The predicted octanol–water partition coefficient (Wildman–Crippen LogP) is 4.81. The Hall–Kier alpha value is -3.56. The number of amides is 2. The van der Waals surface area contributed by atoms with Crippen molar-refractivity contribution in [3.63, 3.8) is 0 Å². The molecule has 0 spiro atoms. The van der Waals surface area contributed by atoms with Crippen LogP contribution in [0, 0.1) is 0 Å². The molecule has 0 radical (unpaired) electrons. The average Bonchev–Trinajstić information content (AvgIpc) is 3.46. The Morgan fingerprint density at radius 1 is 0.976 bits per heavy atom. The summed E-state index contributed by atoms with van der Waals surface area (Å²) in [5.41, 5.74) is 1.84. The number of carbonyl (C=O) groups excluding carboxylic acids is 2. The highest BCUT2D eigenvalue weighted by molar-refractivity contribution is 7.92. The van der Waals surface area contributed by atoms with E-state index in [9.17, 15) is 18.0 Å². The van der Waals surface area contributed by atoms with Gasteiger partial charge in [-0.2, -0.15) is 0 Å². The molecule has 1 saturated carbocycles. The van der Waals surface area contributed by atoms with Gasteiger partial charge in [-0.1, -0.05) is 79.0 Å². The summed E-state index contributed by atoms with van der Waals surface area (Å²) in [7, 11) is -2.46. The number of halogens is 1. The molecule has 0 bridgehead atoms. The number of carbonyl (C=O) groups is 2. The topological polar surface area (TPSA) is 96.0 Å². The van der Waals surface area contributed by atoms with Gasteiger partial charge < -0.3 is 15.0 Å². The molecule has 0 aromatic heterocycles. The lowest BCUT2D eigenvalue weighted by atomic mass is 10.0. The number of para-hydroxylation sites is 2. The summed E-state index contributed by atoms with van der Waals surface area (Å²) < 4.78 is 32.4. The van der Waals surface area contributed by atoms with Crippen molar-refractivity contribution in [2.75, 3.05) is 24.2 Å². The van der Waals surface area contributed by atoms with Crippen LogP contribution in [-0.2, 0) is 32.6 Å². The summed E-state index contributed by atoms with van der Waals surface area (Å²) in [6.45, 7) is -0.444. The third-order valence-corrected chi connectivity index (χ3v) is 8.61. The van der Waals surface area contributed by atoms with E-state index in [-0.39, 0.29) is 30.6 Å². The van der Waals surface area contributed by atoms with E-state index in [0.29, 0.717) is 10.8 Å². The summed E-state index contributed by atoms with van der Waals surface area (Å²) >= 11 is 6.27. The lowest BCUT2D eigenvalue weighted by Crippen LogP contribution is -2.54. The van der Waals surface area contributed by atoms with Crippen molar-refractivity contribution in [2.45, 2.75) is 50.7 Å². The van der Waals surface area contributed by atoms with Gasteiger partial charge in [-0.25, -0.2) is 8.42 Å². The molecule has 0 heterocycles. The molecule has 0 unspecified atom stereocenters. The lowest BCUT2D eigenvalue weighted by molar-refractivity contribution is -0.140. The fourth-order valence-corrected chi connectivity index (χ4v) is 6.25. The van der Waals surface area contributed by atoms with Crippen LogP contribution in [0.1, 0.15) is 36.8 Å². The van der Waals surface area contributed by atoms with E-state index in [4.69, 9.17) is 16.3 Å². The largest absolute Gasteiger partial charge is 0.495 e. The highest BCUT2D eigenvalue weighted by Gasteiger charge is 2.34. The van der Waals surface area contributed by atoms with Gasteiger partial charge in [-0.05, 0) is 48.2 Å². The molecule has 2 amide bonds. The smallest absolute Gasteiger partial charge is 0.244 e. The molecule has 0 aliphatic heterocycles. The van der Waals surface area contributed by atoms with Crippen LogP contribution in [0.15, 0.2) is 78.9 Å². The number of sulfonamides is 1. The first-order valence-electron chi connectivity index (χ1n) is 13.6. The third-order valence-electron chi connectivity index (χ3n) is 7.25. The first-order valence-corrected chi connectivity index (χ1v) is 15.9. The van der Waals surface area contributed by atoms with Gasteiger partial charge in [-0.3, -0.25) is 13.9 Å². The van der Waals surface area contributed by atoms with Crippen LogP contribution in [0.25, 0.3) is 0 Å². The SMILES string of the molecule is COc1ccccc1N(CC(=O)N(Cc1cccc(Cl)c1)[C@@H](Cc1ccccc1)C(=O)NC1CCCC1)S(C)(=O)=O. The number of methoxy groups -OCH3 is 1. The molecular formula is C31H36ClN3O5S. The van der Waals surface area contributed by atoms with Crippen molar-refractivity contribution in [3.8, 4) is 5.75 Å². The maximum Gasteiger partial charge on any atom is 0.244 e. The van der Waals surface area contributed by atoms with E-state index in [0.717, 1.165) is 47.4 Å². The van der Waals surface area contributed by atoms with Crippen LogP contribution in [0.4, 0.5) is 5.69 Å². The minimum Gasteiger partial charge on any atom is -0.495 e. The lowest BCUT2D eigenvalue weighted by Gasteiger charge is -2.34. The second-order valence-corrected chi connectivity index (χ2v) is 12.6. The van der Waals surface area contributed by atoms with Crippen LogP contribution in [-0.4, -0.2) is 57.1 Å². The Bertz CT molecular complexity index is 1440. The van der Waals surface area contributed by atoms with Crippen molar-refractivity contribution >= 4 is 39.1 Å². The fraction of sp³-hybridized carbons (Fsp3) is 0.355. The molecule has 4 rings (SSSR count). The second-order valence-electron chi connectivity index (χ2n) is 10.3. The number of hydrogen-bond acceptors (Lipinski definition) is 5. The first-order chi connectivity index (χ1) is 19.7. The number of hydrogen-bond donors (Lipinski definition) is 1. The van der Waals surface area contributed by atoms with Crippen molar-refractivity contribution < 1.29 is 22.7 Å². The number of rotatable bonds is 12. The molecular weight excluding hydrogens is 562 g/mol. The molecule has 0 saturated heterocycles. The zero-order valence-electron chi connectivity index (χ0n) is 23.3. The number of nitrogens with zero attached hydrogens (tertiary/aromatic N) is 2. The minimum atomic E-state index is -3.90. The molecule has 1 atom stereocenters. The Kier molecular flexibility index (Phi) is 10.3. The van der Waals surface area contributed by atoms with Crippen molar-refractivity contribution in [1.29, 1.82) is 0 Å². The van der Waals surface area contributed by atoms with Gasteiger partial charge in [0.2, 0.25) is 21.8 Å². The van der Waals surface area contributed by atoms with Crippen molar-refractivity contribution in [2.24, 2.45) is 0 Å². The molecule has 1 aliphatic rings. The number of anilines is 1. The minimum absolute atomic E-state index is 0.0463. The standard InChI is InChI=1S/C31H36ClN3O5S/c1-40-29-18-9-8-17-27(29)35(41(2,38)39)22-30(36)34(21-24-13-10-14-25(32)19-24)28(20-23-11-4-3-5-12-23)31(37)33-26-15-6-7-16-26/h3-5,8-14,17-19,26,28H,6-7,15-16,20-22H2,1-2H3,(H,33,37)/t28-/m0/s1. The van der Waals surface area contributed by atoms with E-state index in [1.54, 1.807) is 42.5 Å². The van der Waals surface area contributed by atoms with E-state index < -0.39 is 28.5 Å². The first kappa shape index (κ1) is 30.4. The Labute approximate surface area is 247 Å². The van der Waals surface area contributed by atoms with Crippen molar-refractivity contribution in [3.05, 3.63) is 95.0 Å². The maximum absolute atomic E-state index is 14.2. The summed E-state index contributed by atoms with van der Waals surface area (Å²) in [4.78, 5) is 29.5. The zero-order valence-corrected chi connectivity index (χ0v) is 24.9. The van der Waals surface area contributed by atoms with Crippen LogP contribution >= 0.6 is 11.6 Å². The molecule has 218 valence electrons. The van der Waals surface area contributed by atoms with Gasteiger partial charge in [0, 0.05) is 24.0 Å². The van der Waals surface area contributed by atoms with E-state index in [1.165, 1.54) is 12.0 Å². The summed E-state index contributed by atoms with van der Waals surface area (Å²) in [5.74, 6) is -0.477. The number of ether oxygens (including phenoxy) is 1. The quantitative estimate of drug-likeness (QED) is 0.323. The number of benzene rings is 3. The van der Waals surface area contributed by atoms with Gasteiger partial charge in [0.05, 0.1) is 19.1 Å². The van der Waals surface area contributed by atoms with Gasteiger partial charge in [0.1, 0.15) is 18.3 Å². The molecule has 3 aromatic rings. The summed E-state index contributed by atoms with van der Waals surface area (Å²) in [5, 5.41) is 3.65. The highest BCUT2D eigenvalue weighted by atomic mass is 35.5. The average molecular weight is 598 g/mol. The van der Waals surface area contributed by atoms with Crippen LogP contribution in [0.5, 0.6) is 5.75 Å². The van der Waals surface area contributed by atoms with E-state index in [2.05, 4.69) is 5.32 Å². The summed E-state index contributed by atoms with van der Waals surface area (Å²) in [6, 6.07) is 22.4. The molecule has 3 aromatic carbocycles. The Morgan fingerprint density at radius 3 is 2.29 bits per heavy atom. The predicted molar refractivity (Wildman–Crippen MR) is 162 cm³/mol. The fourth-order valence-electron chi connectivity index (χ4n) is 5.18. The number of nitrogens with one attached hydrogen (secondary N) is 1. The summed E-state index contributed by atoms with van der Waals surface area (Å²) in [6.07, 6.45) is 5.17. The molecule has 1 N–H and O–H groups in total. The monoisotopic (exact) mass is 597 g/mol. The normalized spacial score (nSPS) is 14.3. The van der Waals surface area contributed by atoms with E-state index in [1.807, 2.05) is 36.4 Å². The molecule has 1 fully saturated rings. The van der Waals surface area contributed by atoms with Gasteiger partial charge >= 0.3 is 0 Å². The maximum atomic E-state index is 14.2. The molecule has 1 aliphatic carbocycles. The van der Waals surface area contributed by atoms with Gasteiger partial charge in [0.25, 0.3) is 0 Å². The zero-order chi connectivity index (χ0) is 29.4. The Balaban J connectivity index is 1.74. The third kappa shape index (κ3) is 8.24. The van der Waals surface area contributed by atoms with Gasteiger partial charge in [0.15, 0.2) is 0 Å². The van der Waals surface area contributed by atoms with Crippen molar-refractivity contribution in [1.82, 2.24) is 10.2 Å². The molecule has 10 heteroatoms. The van der Waals surface area contributed by atoms with Crippen LogP contribution < -0.4 is 14.4 Å². The van der Waals surface area contributed by atoms with E-state index >= 15 is 0 Å². The molecule has 8 nitrogen and oxygen atoms in total. The van der Waals surface area contributed by atoms with Crippen LogP contribution in [0.3, 0.4) is 0 Å². The van der Waals surface area contributed by atoms with Crippen LogP contribution in [0.2, 0.25) is 5.02 Å². The Morgan fingerprint density at radius 2 is 1.63 bits per heavy atom. The second kappa shape index (κ2) is 13.9.